The molecule has 0 amide bonds. The van der Waals surface area contributed by atoms with Crippen molar-refractivity contribution in [2.45, 2.75) is 38.6 Å². The van der Waals surface area contributed by atoms with Crippen LogP contribution in [0, 0.1) is 11.8 Å². The first-order valence-corrected chi connectivity index (χ1v) is 6.88. The first kappa shape index (κ1) is 12.3. The van der Waals surface area contributed by atoms with Crippen molar-refractivity contribution in [3.8, 4) is 0 Å². The Balaban J connectivity index is 1.36. The number of nitrogens with one attached hydrogen (secondary N) is 2. The lowest BCUT2D eigenvalue weighted by Crippen LogP contribution is -2.31. The third-order valence-electron chi connectivity index (χ3n) is 3.79. The molecule has 1 saturated heterocycles. The smallest absolute Gasteiger partial charge is 0.0494 e. The molecule has 1 aliphatic carbocycles. The second-order valence-corrected chi connectivity index (χ2v) is 5.37. The molecule has 0 aromatic rings. The molecule has 3 heteroatoms. The second-order valence-electron chi connectivity index (χ2n) is 5.37. The third kappa shape index (κ3) is 4.40. The number of rotatable bonds is 8. The van der Waals surface area contributed by atoms with Gasteiger partial charge in [0.05, 0.1) is 0 Å². The molecule has 2 unspecified atom stereocenters. The third-order valence-corrected chi connectivity index (χ3v) is 3.79. The van der Waals surface area contributed by atoms with E-state index >= 15 is 0 Å². The highest BCUT2D eigenvalue weighted by Gasteiger charge is 2.22. The van der Waals surface area contributed by atoms with Crippen LogP contribution < -0.4 is 10.6 Å². The summed E-state index contributed by atoms with van der Waals surface area (Å²) in [6.45, 7) is 7.69. The van der Waals surface area contributed by atoms with Crippen molar-refractivity contribution in [2.24, 2.45) is 11.8 Å². The van der Waals surface area contributed by atoms with E-state index < -0.39 is 0 Å². The SMILES string of the molecule is CC1NCCC1CNCCCOCC1CC1. The van der Waals surface area contributed by atoms with Gasteiger partial charge in [-0.05, 0) is 64.1 Å². The first-order valence-electron chi connectivity index (χ1n) is 6.88. The molecule has 1 saturated carbocycles. The van der Waals surface area contributed by atoms with Crippen LogP contribution in [0.2, 0.25) is 0 Å². The average Bonchev–Trinajstić information content (AvgIpc) is 3.01. The van der Waals surface area contributed by atoms with E-state index in [1.807, 2.05) is 0 Å². The fourth-order valence-electron chi connectivity index (χ4n) is 2.31. The molecular formula is C13H26N2O. The Labute approximate surface area is 99.3 Å². The molecule has 1 heterocycles. The molecular weight excluding hydrogens is 200 g/mol. The summed E-state index contributed by atoms with van der Waals surface area (Å²) in [6.07, 6.45) is 5.27. The van der Waals surface area contributed by atoms with Gasteiger partial charge in [0.15, 0.2) is 0 Å². The van der Waals surface area contributed by atoms with Gasteiger partial charge in [0, 0.05) is 19.3 Å². The summed E-state index contributed by atoms with van der Waals surface area (Å²) in [5.74, 6) is 1.73. The fraction of sp³-hybridized carbons (Fsp3) is 1.00. The first-order chi connectivity index (χ1) is 7.86. The van der Waals surface area contributed by atoms with E-state index in [1.54, 1.807) is 0 Å². The van der Waals surface area contributed by atoms with Crippen molar-refractivity contribution in [1.29, 1.82) is 0 Å². The minimum atomic E-state index is 0.693. The molecule has 0 radical (unpaired) electrons. The Hall–Kier alpha value is -0.120. The largest absolute Gasteiger partial charge is 0.381 e. The van der Waals surface area contributed by atoms with E-state index in [0.717, 1.165) is 44.6 Å². The predicted octanol–water partition coefficient (Wildman–Crippen LogP) is 1.39. The van der Waals surface area contributed by atoms with Crippen LogP contribution in [0.25, 0.3) is 0 Å². The van der Waals surface area contributed by atoms with Gasteiger partial charge < -0.3 is 15.4 Å². The Morgan fingerprint density at radius 3 is 2.88 bits per heavy atom. The normalized spacial score (nSPS) is 29.8. The van der Waals surface area contributed by atoms with Gasteiger partial charge in [-0.25, -0.2) is 0 Å². The predicted molar refractivity (Wildman–Crippen MR) is 66.6 cm³/mol. The Kier molecular flexibility index (Phi) is 5.07. The van der Waals surface area contributed by atoms with Crippen LogP contribution in [-0.4, -0.2) is 38.9 Å². The monoisotopic (exact) mass is 226 g/mol. The summed E-state index contributed by atoms with van der Waals surface area (Å²) in [5, 5.41) is 7.03. The highest BCUT2D eigenvalue weighted by molar-refractivity contribution is 4.81. The molecule has 0 bridgehead atoms. The lowest BCUT2D eigenvalue weighted by atomic mass is 10.0. The molecule has 2 aliphatic rings. The molecule has 0 aromatic heterocycles. The number of hydrogen-bond acceptors (Lipinski definition) is 3. The van der Waals surface area contributed by atoms with E-state index in [2.05, 4.69) is 17.6 Å². The maximum absolute atomic E-state index is 5.60. The van der Waals surface area contributed by atoms with E-state index in [1.165, 1.54) is 25.8 Å². The molecule has 16 heavy (non-hydrogen) atoms. The number of ether oxygens (including phenoxy) is 1. The summed E-state index contributed by atoms with van der Waals surface area (Å²) in [5.41, 5.74) is 0. The number of hydrogen-bond donors (Lipinski definition) is 2. The van der Waals surface area contributed by atoms with Gasteiger partial charge in [-0.2, -0.15) is 0 Å². The van der Waals surface area contributed by atoms with Crippen LogP contribution in [0.1, 0.15) is 32.6 Å². The zero-order valence-corrected chi connectivity index (χ0v) is 10.5. The zero-order chi connectivity index (χ0) is 11.2. The Morgan fingerprint density at radius 2 is 2.19 bits per heavy atom. The zero-order valence-electron chi connectivity index (χ0n) is 10.5. The Morgan fingerprint density at radius 1 is 1.31 bits per heavy atom. The van der Waals surface area contributed by atoms with Gasteiger partial charge in [-0.15, -0.1) is 0 Å². The minimum Gasteiger partial charge on any atom is -0.381 e. The fourth-order valence-corrected chi connectivity index (χ4v) is 2.31. The van der Waals surface area contributed by atoms with Crippen LogP contribution >= 0.6 is 0 Å². The van der Waals surface area contributed by atoms with Gasteiger partial charge in [-0.3, -0.25) is 0 Å². The minimum absolute atomic E-state index is 0.693. The topological polar surface area (TPSA) is 33.3 Å². The van der Waals surface area contributed by atoms with Crippen molar-refractivity contribution < 1.29 is 4.74 Å². The Bertz CT molecular complexity index is 194. The molecule has 3 nitrogen and oxygen atoms in total. The van der Waals surface area contributed by atoms with E-state index in [9.17, 15) is 0 Å². The molecule has 2 N–H and O–H groups in total. The standard InChI is InChI=1S/C13H26N2O/c1-11-13(5-7-15-11)9-14-6-2-8-16-10-12-3-4-12/h11-15H,2-10H2,1H3. The van der Waals surface area contributed by atoms with E-state index in [-0.39, 0.29) is 0 Å². The lowest BCUT2D eigenvalue weighted by Gasteiger charge is -2.15. The van der Waals surface area contributed by atoms with Crippen LogP contribution in [0.15, 0.2) is 0 Å². The average molecular weight is 226 g/mol. The van der Waals surface area contributed by atoms with Crippen LogP contribution in [0.5, 0.6) is 0 Å². The van der Waals surface area contributed by atoms with Crippen LogP contribution in [0.4, 0.5) is 0 Å². The van der Waals surface area contributed by atoms with Crippen molar-refractivity contribution in [2.75, 3.05) is 32.8 Å². The maximum atomic E-state index is 5.60. The molecule has 2 atom stereocenters. The van der Waals surface area contributed by atoms with Crippen molar-refractivity contribution in [3.05, 3.63) is 0 Å². The van der Waals surface area contributed by atoms with Crippen LogP contribution in [-0.2, 0) is 4.74 Å². The van der Waals surface area contributed by atoms with Gasteiger partial charge >= 0.3 is 0 Å². The highest BCUT2D eigenvalue weighted by atomic mass is 16.5. The summed E-state index contributed by atoms with van der Waals surface area (Å²) in [4.78, 5) is 0. The van der Waals surface area contributed by atoms with Crippen molar-refractivity contribution in [1.82, 2.24) is 10.6 Å². The van der Waals surface area contributed by atoms with Crippen LogP contribution in [0.3, 0.4) is 0 Å². The molecule has 94 valence electrons. The summed E-state index contributed by atoms with van der Waals surface area (Å²) < 4.78 is 5.60. The summed E-state index contributed by atoms with van der Waals surface area (Å²) in [6, 6.07) is 0.693. The molecule has 0 spiro atoms. The molecule has 0 aromatic carbocycles. The van der Waals surface area contributed by atoms with Gasteiger partial charge in [-0.1, -0.05) is 0 Å². The maximum Gasteiger partial charge on any atom is 0.0494 e. The van der Waals surface area contributed by atoms with Gasteiger partial charge in [0.1, 0.15) is 0 Å². The van der Waals surface area contributed by atoms with Gasteiger partial charge in [0.2, 0.25) is 0 Å². The summed E-state index contributed by atoms with van der Waals surface area (Å²) >= 11 is 0. The highest BCUT2D eigenvalue weighted by Crippen LogP contribution is 2.28. The lowest BCUT2D eigenvalue weighted by molar-refractivity contribution is 0.122. The van der Waals surface area contributed by atoms with Crippen molar-refractivity contribution in [3.63, 3.8) is 0 Å². The molecule has 2 rings (SSSR count). The molecule has 2 fully saturated rings. The van der Waals surface area contributed by atoms with Gasteiger partial charge in [0.25, 0.3) is 0 Å². The summed E-state index contributed by atoms with van der Waals surface area (Å²) in [7, 11) is 0. The van der Waals surface area contributed by atoms with E-state index in [4.69, 9.17) is 4.74 Å². The molecule has 1 aliphatic heterocycles. The quantitative estimate of drug-likeness (QED) is 0.614. The van der Waals surface area contributed by atoms with E-state index in [0.29, 0.717) is 6.04 Å². The second kappa shape index (κ2) is 6.58. The van der Waals surface area contributed by atoms with Crippen molar-refractivity contribution >= 4 is 0 Å².